The standard InChI is InChI=1S/C17H18Cl2O/c1-11-4-6-14(8-12(11)2)17(3,20)10-13-5-7-15(18)9-16(13)19/h4-9,20H,10H2,1-3H3. The second-order valence-corrected chi connectivity index (χ2v) is 6.33. The van der Waals surface area contributed by atoms with Crippen molar-refractivity contribution in [2.24, 2.45) is 0 Å². The van der Waals surface area contributed by atoms with Crippen LogP contribution in [-0.2, 0) is 12.0 Å². The molecular weight excluding hydrogens is 291 g/mol. The predicted octanol–water partition coefficient (Wildman–Crippen LogP) is 5.06. The van der Waals surface area contributed by atoms with Gasteiger partial charge in [0.2, 0.25) is 0 Å². The summed E-state index contributed by atoms with van der Waals surface area (Å²) < 4.78 is 0. The normalized spacial score (nSPS) is 14.1. The molecule has 106 valence electrons. The fourth-order valence-corrected chi connectivity index (χ4v) is 2.69. The van der Waals surface area contributed by atoms with Crippen LogP contribution in [0.3, 0.4) is 0 Å². The van der Waals surface area contributed by atoms with Gasteiger partial charge in [-0.2, -0.15) is 0 Å². The Labute approximate surface area is 130 Å². The minimum atomic E-state index is -0.962. The molecule has 2 rings (SSSR count). The van der Waals surface area contributed by atoms with Crippen LogP contribution >= 0.6 is 23.2 Å². The molecule has 0 spiro atoms. The minimum absolute atomic E-state index is 0.450. The number of aryl methyl sites for hydroxylation is 2. The molecule has 0 bridgehead atoms. The fourth-order valence-electron chi connectivity index (χ4n) is 2.21. The summed E-state index contributed by atoms with van der Waals surface area (Å²) in [7, 11) is 0. The molecular formula is C17H18Cl2O. The summed E-state index contributed by atoms with van der Waals surface area (Å²) in [5, 5.41) is 11.9. The summed E-state index contributed by atoms with van der Waals surface area (Å²) >= 11 is 12.1. The van der Waals surface area contributed by atoms with E-state index in [9.17, 15) is 5.11 Å². The molecule has 0 fully saturated rings. The lowest BCUT2D eigenvalue weighted by Crippen LogP contribution is -2.24. The quantitative estimate of drug-likeness (QED) is 0.840. The number of halogens is 2. The van der Waals surface area contributed by atoms with Gasteiger partial charge in [0.05, 0.1) is 5.60 Å². The summed E-state index contributed by atoms with van der Waals surface area (Å²) in [6.45, 7) is 5.91. The van der Waals surface area contributed by atoms with Crippen LogP contribution in [0.25, 0.3) is 0 Å². The molecule has 1 atom stereocenters. The Morgan fingerprint density at radius 1 is 1.00 bits per heavy atom. The van der Waals surface area contributed by atoms with Crippen LogP contribution < -0.4 is 0 Å². The van der Waals surface area contributed by atoms with Gasteiger partial charge in [-0.25, -0.2) is 0 Å². The molecule has 0 saturated carbocycles. The summed E-state index contributed by atoms with van der Waals surface area (Å²) in [4.78, 5) is 0. The SMILES string of the molecule is Cc1ccc(C(C)(O)Cc2ccc(Cl)cc2Cl)cc1C. The maximum Gasteiger partial charge on any atom is 0.0909 e. The van der Waals surface area contributed by atoms with Gasteiger partial charge in [0.25, 0.3) is 0 Å². The van der Waals surface area contributed by atoms with Gasteiger partial charge in [-0.15, -0.1) is 0 Å². The first-order valence-electron chi connectivity index (χ1n) is 6.53. The van der Waals surface area contributed by atoms with Crippen LogP contribution in [0.4, 0.5) is 0 Å². The van der Waals surface area contributed by atoms with Gasteiger partial charge in [0.15, 0.2) is 0 Å². The molecule has 0 heterocycles. The molecule has 1 unspecified atom stereocenters. The van der Waals surface area contributed by atoms with E-state index in [4.69, 9.17) is 23.2 Å². The van der Waals surface area contributed by atoms with E-state index in [-0.39, 0.29) is 0 Å². The van der Waals surface area contributed by atoms with Crippen molar-refractivity contribution < 1.29 is 5.11 Å². The first-order chi connectivity index (χ1) is 9.29. The van der Waals surface area contributed by atoms with E-state index >= 15 is 0 Å². The Balaban J connectivity index is 2.32. The molecule has 2 aromatic rings. The highest BCUT2D eigenvalue weighted by molar-refractivity contribution is 6.35. The third kappa shape index (κ3) is 3.35. The third-order valence-corrected chi connectivity index (χ3v) is 4.27. The molecule has 0 aliphatic rings. The highest BCUT2D eigenvalue weighted by Gasteiger charge is 2.25. The smallest absolute Gasteiger partial charge is 0.0909 e. The van der Waals surface area contributed by atoms with Gasteiger partial charge in [0, 0.05) is 16.5 Å². The topological polar surface area (TPSA) is 20.2 Å². The predicted molar refractivity (Wildman–Crippen MR) is 85.7 cm³/mol. The number of rotatable bonds is 3. The monoisotopic (exact) mass is 308 g/mol. The Morgan fingerprint density at radius 3 is 2.30 bits per heavy atom. The molecule has 0 amide bonds. The number of benzene rings is 2. The molecule has 0 aliphatic carbocycles. The minimum Gasteiger partial charge on any atom is -0.385 e. The third-order valence-electron chi connectivity index (χ3n) is 3.68. The average Bonchev–Trinajstić information content (AvgIpc) is 2.36. The number of aliphatic hydroxyl groups is 1. The Hall–Kier alpha value is -1.02. The first-order valence-corrected chi connectivity index (χ1v) is 7.29. The zero-order valence-corrected chi connectivity index (χ0v) is 13.4. The van der Waals surface area contributed by atoms with Gasteiger partial charge >= 0.3 is 0 Å². The molecule has 1 nitrogen and oxygen atoms in total. The molecule has 1 N–H and O–H groups in total. The lowest BCUT2D eigenvalue weighted by molar-refractivity contribution is 0.0576. The highest BCUT2D eigenvalue weighted by atomic mass is 35.5. The summed E-state index contributed by atoms with van der Waals surface area (Å²) in [5.41, 5.74) is 3.21. The molecule has 3 heteroatoms. The second kappa shape index (κ2) is 5.77. The van der Waals surface area contributed by atoms with Crippen molar-refractivity contribution in [3.05, 3.63) is 68.7 Å². The molecule has 0 saturated heterocycles. The van der Waals surface area contributed by atoms with E-state index in [1.807, 2.05) is 38.1 Å². The zero-order chi connectivity index (χ0) is 14.9. The second-order valence-electron chi connectivity index (χ2n) is 5.49. The summed E-state index contributed by atoms with van der Waals surface area (Å²) in [5.74, 6) is 0. The summed E-state index contributed by atoms with van der Waals surface area (Å²) in [6, 6.07) is 11.4. The lowest BCUT2D eigenvalue weighted by Gasteiger charge is -2.25. The maximum atomic E-state index is 10.8. The Kier molecular flexibility index (Phi) is 4.43. The van der Waals surface area contributed by atoms with Crippen molar-refractivity contribution in [2.75, 3.05) is 0 Å². The van der Waals surface area contributed by atoms with Gasteiger partial charge in [-0.1, -0.05) is 47.5 Å². The average molecular weight is 309 g/mol. The zero-order valence-electron chi connectivity index (χ0n) is 11.9. The fraction of sp³-hybridized carbons (Fsp3) is 0.294. The van der Waals surface area contributed by atoms with Crippen molar-refractivity contribution in [2.45, 2.75) is 32.8 Å². The van der Waals surface area contributed by atoms with E-state index in [2.05, 4.69) is 6.92 Å². The molecule has 20 heavy (non-hydrogen) atoms. The van der Waals surface area contributed by atoms with Crippen molar-refractivity contribution in [3.8, 4) is 0 Å². The van der Waals surface area contributed by atoms with Crippen LogP contribution in [0.2, 0.25) is 10.0 Å². The molecule has 0 aromatic heterocycles. The van der Waals surface area contributed by atoms with E-state index in [1.54, 1.807) is 12.1 Å². The van der Waals surface area contributed by atoms with Crippen LogP contribution in [0.15, 0.2) is 36.4 Å². The van der Waals surface area contributed by atoms with E-state index in [0.717, 1.165) is 11.1 Å². The van der Waals surface area contributed by atoms with Gasteiger partial charge < -0.3 is 5.11 Å². The summed E-state index contributed by atoms with van der Waals surface area (Å²) in [6.07, 6.45) is 0.450. The van der Waals surface area contributed by atoms with E-state index in [1.165, 1.54) is 11.1 Å². The van der Waals surface area contributed by atoms with Crippen LogP contribution in [-0.4, -0.2) is 5.11 Å². The van der Waals surface area contributed by atoms with Crippen molar-refractivity contribution >= 4 is 23.2 Å². The number of hydrogen-bond donors (Lipinski definition) is 1. The van der Waals surface area contributed by atoms with Gasteiger partial charge in [0.1, 0.15) is 0 Å². The highest BCUT2D eigenvalue weighted by Crippen LogP contribution is 2.30. The van der Waals surface area contributed by atoms with Crippen molar-refractivity contribution in [1.82, 2.24) is 0 Å². The Bertz CT molecular complexity index is 633. The van der Waals surface area contributed by atoms with E-state index in [0.29, 0.717) is 16.5 Å². The van der Waals surface area contributed by atoms with Crippen molar-refractivity contribution in [3.63, 3.8) is 0 Å². The lowest BCUT2D eigenvalue weighted by atomic mass is 9.87. The molecule has 0 radical (unpaired) electrons. The van der Waals surface area contributed by atoms with Crippen molar-refractivity contribution in [1.29, 1.82) is 0 Å². The van der Waals surface area contributed by atoms with Gasteiger partial charge in [-0.3, -0.25) is 0 Å². The van der Waals surface area contributed by atoms with E-state index < -0.39 is 5.60 Å². The number of hydrogen-bond acceptors (Lipinski definition) is 1. The largest absolute Gasteiger partial charge is 0.385 e. The maximum absolute atomic E-state index is 10.8. The van der Waals surface area contributed by atoms with Crippen LogP contribution in [0.1, 0.15) is 29.2 Å². The van der Waals surface area contributed by atoms with Crippen LogP contribution in [0, 0.1) is 13.8 Å². The first kappa shape index (κ1) is 15.4. The van der Waals surface area contributed by atoms with Crippen LogP contribution in [0.5, 0.6) is 0 Å². The van der Waals surface area contributed by atoms with Gasteiger partial charge in [-0.05, 0) is 55.2 Å². The molecule has 2 aromatic carbocycles. The molecule has 0 aliphatic heterocycles. The Morgan fingerprint density at radius 2 is 1.70 bits per heavy atom.